The maximum Gasteiger partial charge on any atom is -0.00992 e. The standard InChI is InChI=1S/C20H12/c1-3-11-17-15(7-1)9-5-13-19(17)20-14-6-10-16-8-2-4-12-18(16)20/h3-14H. The molecule has 0 aromatic heterocycles. The van der Waals surface area contributed by atoms with Crippen LogP contribution in [0.3, 0.4) is 0 Å². The van der Waals surface area contributed by atoms with Crippen LogP contribution in [-0.4, -0.2) is 0 Å². The molecule has 92 valence electrons. The Morgan fingerprint density at radius 1 is 0.550 bits per heavy atom. The second kappa shape index (κ2) is 4.50. The molecule has 0 spiro atoms. The average molecular weight is 252 g/mol. The summed E-state index contributed by atoms with van der Waals surface area (Å²) in [6.45, 7) is 0. The predicted molar refractivity (Wildman–Crippen MR) is 84.6 cm³/mol. The lowest BCUT2D eigenvalue weighted by Gasteiger charge is -2.10. The number of hydrogen-bond acceptors (Lipinski definition) is 0. The summed E-state index contributed by atoms with van der Waals surface area (Å²) in [4.78, 5) is 0. The van der Waals surface area contributed by atoms with E-state index < -0.39 is 0 Å². The number of fused-ring (bicyclic) bond motifs is 2. The minimum absolute atomic E-state index is 1.23. The Bertz CT molecular complexity index is 816. The Hall–Kier alpha value is -2.60. The van der Waals surface area contributed by atoms with Gasteiger partial charge in [-0.2, -0.15) is 0 Å². The molecule has 0 bridgehead atoms. The van der Waals surface area contributed by atoms with Gasteiger partial charge >= 0.3 is 0 Å². The fourth-order valence-corrected chi connectivity index (χ4v) is 2.80. The molecule has 0 N–H and O–H groups in total. The normalized spacial score (nSPS) is 11.0. The van der Waals surface area contributed by atoms with Gasteiger partial charge in [-0.25, -0.2) is 0 Å². The molecule has 4 aromatic rings. The van der Waals surface area contributed by atoms with Crippen LogP contribution in [0.15, 0.2) is 72.8 Å². The lowest BCUT2D eigenvalue weighted by atomic mass is 9.94. The van der Waals surface area contributed by atoms with Crippen molar-refractivity contribution >= 4 is 21.5 Å². The SMILES string of the molecule is [c]1ccc2c(-c3cccc4c[c]ccc34)cccc2c1. The minimum Gasteiger partial charge on any atom is -0.0610 e. The molecule has 0 unspecified atom stereocenters. The Labute approximate surface area is 118 Å². The molecular formula is C20H12. The number of rotatable bonds is 1. The maximum atomic E-state index is 3.15. The van der Waals surface area contributed by atoms with Crippen molar-refractivity contribution in [1.82, 2.24) is 0 Å². The highest BCUT2D eigenvalue weighted by atomic mass is 14.1. The fraction of sp³-hybridized carbons (Fsp3) is 0. The highest BCUT2D eigenvalue weighted by Crippen LogP contribution is 2.33. The first-order valence-electron chi connectivity index (χ1n) is 6.71. The fourth-order valence-electron chi connectivity index (χ4n) is 2.80. The smallest absolute Gasteiger partial charge is 0.00992 e. The molecule has 4 rings (SSSR count). The van der Waals surface area contributed by atoms with E-state index in [4.69, 9.17) is 0 Å². The monoisotopic (exact) mass is 252 g/mol. The highest BCUT2D eigenvalue weighted by Gasteiger charge is 2.06. The molecule has 20 heavy (non-hydrogen) atoms. The van der Waals surface area contributed by atoms with E-state index in [1.165, 1.54) is 32.7 Å². The first kappa shape index (κ1) is 11.2. The van der Waals surface area contributed by atoms with Crippen molar-refractivity contribution < 1.29 is 0 Å². The van der Waals surface area contributed by atoms with Gasteiger partial charge in [-0.05, 0) is 56.9 Å². The third-order valence-electron chi connectivity index (χ3n) is 3.74. The predicted octanol–water partition coefficient (Wildman–Crippen LogP) is 5.26. The quantitative estimate of drug-likeness (QED) is 0.433. The van der Waals surface area contributed by atoms with E-state index >= 15 is 0 Å². The molecule has 0 saturated carbocycles. The molecule has 0 atom stereocenters. The van der Waals surface area contributed by atoms with Gasteiger partial charge in [0.1, 0.15) is 0 Å². The van der Waals surface area contributed by atoms with Crippen LogP contribution in [0.25, 0.3) is 32.7 Å². The van der Waals surface area contributed by atoms with E-state index in [0.29, 0.717) is 0 Å². The van der Waals surface area contributed by atoms with Crippen LogP contribution in [0.5, 0.6) is 0 Å². The third kappa shape index (κ3) is 1.70. The van der Waals surface area contributed by atoms with Crippen LogP contribution >= 0.6 is 0 Å². The van der Waals surface area contributed by atoms with Crippen molar-refractivity contribution in [1.29, 1.82) is 0 Å². The van der Waals surface area contributed by atoms with Gasteiger partial charge < -0.3 is 0 Å². The molecule has 2 radical (unpaired) electrons. The van der Waals surface area contributed by atoms with Gasteiger partial charge in [0, 0.05) is 0 Å². The lowest BCUT2D eigenvalue weighted by molar-refractivity contribution is 1.68. The second-order valence-electron chi connectivity index (χ2n) is 4.91. The first-order valence-corrected chi connectivity index (χ1v) is 6.71. The van der Waals surface area contributed by atoms with Crippen LogP contribution < -0.4 is 0 Å². The zero-order chi connectivity index (χ0) is 13.4. The maximum absolute atomic E-state index is 3.15. The molecule has 0 aliphatic carbocycles. The van der Waals surface area contributed by atoms with Crippen molar-refractivity contribution in [3.05, 3.63) is 84.9 Å². The van der Waals surface area contributed by atoms with E-state index in [2.05, 4.69) is 60.7 Å². The van der Waals surface area contributed by atoms with Gasteiger partial charge in [-0.15, -0.1) is 0 Å². The zero-order valence-electron chi connectivity index (χ0n) is 10.9. The Morgan fingerprint density at radius 2 is 1.05 bits per heavy atom. The molecule has 0 fully saturated rings. The Morgan fingerprint density at radius 3 is 1.55 bits per heavy atom. The van der Waals surface area contributed by atoms with E-state index in [0.717, 1.165) is 0 Å². The summed E-state index contributed by atoms with van der Waals surface area (Å²) in [6.07, 6.45) is 0. The summed E-state index contributed by atoms with van der Waals surface area (Å²) in [7, 11) is 0. The molecule has 4 aromatic carbocycles. The molecule has 0 saturated heterocycles. The zero-order valence-corrected chi connectivity index (χ0v) is 10.9. The van der Waals surface area contributed by atoms with E-state index in [1.54, 1.807) is 0 Å². The summed E-state index contributed by atoms with van der Waals surface area (Å²) in [6, 6.07) is 31.5. The van der Waals surface area contributed by atoms with Crippen LogP contribution in [-0.2, 0) is 0 Å². The van der Waals surface area contributed by atoms with Gasteiger partial charge in [0.05, 0.1) is 0 Å². The molecule has 0 aliphatic heterocycles. The largest absolute Gasteiger partial charge is 0.0610 e. The van der Waals surface area contributed by atoms with Crippen molar-refractivity contribution in [2.75, 3.05) is 0 Å². The van der Waals surface area contributed by atoms with Gasteiger partial charge in [0.25, 0.3) is 0 Å². The van der Waals surface area contributed by atoms with Crippen LogP contribution in [0.2, 0.25) is 0 Å². The molecule has 0 amide bonds. The summed E-state index contributed by atoms with van der Waals surface area (Å²) < 4.78 is 0. The van der Waals surface area contributed by atoms with Crippen LogP contribution in [0.1, 0.15) is 0 Å². The van der Waals surface area contributed by atoms with Crippen molar-refractivity contribution in [2.45, 2.75) is 0 Å². The molecule has 0 nitrogen and oxygen atoms in total. The summed E-state index contributed by atoms with van der Waals surface area (Å²) >= 11 is 0. The van der Waals surface area contributed by atoms with E-state index in [-0.39, 0.29) is 0 Å². The lowest BCUT2D eigenvalue weighted by Crippen LogP contribution is -1.83. The van der Waals surface area contributed by atoms with Crippen molar-refractivity contribution in [3.8, 4) is 11.1 Å². The average Bonchev–Trinajstić information content (AvgIpc) is 2.54. The van der Waals surface area contributed by atoms with Crippen molar-refractivity contribution in [2.24, 2.45) is 0 Å². The van der Waals surface area contributed by atoms with Gasteiger partial charge in [0.2, 0.25) is 0 Å². The van der Waals surface area contributed by atoms with Gasteiger partial charge in [-0.3, -0.25) is 0 Å². The molecule has 0 aliphatic rings. The third-order valence-corrected chi connectivity index (χ3v) is 3.74. The van der Waals surface area contributed by atoms with Gasteiger partial charge in [-0.1, -0.05) is 60.7 Å². The summed E-state index contributed by atoms with van der Waals surface area (Å²) in [5.74, 6) is 0. The topological polar surface area (TPSA) is 0 Å². The number of benzene rings is 4. The molecule has 0 heteroatoms. The molecule has 0 heterocycles. The van der Waals surface area contributed by atoms with Gasteiger partial charge in [0.15, 0.2) is 0 Å². The summed E-state index contributed by atoms with van der Waals surface area (Å²) in [5.41, 5.74) is 2.54. The van der Waals surface area contributed by atoms with Crippen LogP contribution in [0.4, 0.5) is 0 Å². The van der Waals surface area contributed by atoms with Crippen LogP contribution in [0, 0.1) is 12.1 Å². The number of hydrogen-bond donors (Lipinski definition) is 0. The highest BCUT2D eigenvalue weighted by molar-refractivity contribution is 6.05. The van der Waals surface area contributed by atoms with E-state index in [1.807, 2.05) is 24.3 Å². The Kier molecular flexibility index (Phi) is 2.53. The summed E-state index contributed by atoms with van der Waals surface area (Å²) in [5, 5.41) is 4.99. The van der Waals surface area contributed by atoms with Crippen molar-refractivity contribution in [3.63, 3.8) is 0 Å². The van der Waals surface area contributed by atoms with E-state index in [9.17, 15) is 0 Å². The minimum atomic E-state index is 1.23. The Balaban J connectivity index is 2.12. The molecular weight excluding hydrogens is 240 g/mol. The second-order valence-corrected chi connectivity index (χ2v) is 4.91. The first-order chi connectivity index (χ1) is 9.93.